The van der Waals surface area contributed by atoms with Crippen molar-refractivity contribution in [2.45, 2.75) is 59.3 Å². The highest BCUT2D eigenvalue weighted by atomic mass is 32.2. The number of carbonyl (C=O) groups is 2. The highest BCUT2D eigenvalue weighted by molar-refractivity contribution is 8.13. The molecule has 4 nitrogen and oxygen atoms in total. The van der Waals surface area contributed by atoms with Gasteiger partial charge in [0.25, 0.3) is 0 Å². The molecule has 0 bridgehead atoms. The van der Waals surface area contributed by atoms with Crippen molar-refractivity contribution in [2.24, 2.45) is 5.92 Å². The number of thioether (sulfide) groups is 1. The molecule has 1 unspecified atom stereocenters. The van der Waals surface area contributed by atoms with Gasteiger partial charge in [0.15, 0.2) is 5.12 Å². The third-order valence-corrected chi connectivity index (χ3v) is 5.42. The molecule has 1 rings (SSSR count). The van der Waals surface area contributed by atoms with Gasteiger partial charge in [-0.2, -0.15) is 0 Å². The largest absolute Gasteiger partial charge is 0.342 e. The third kappa shape index (κ3) is 8.75. The van der Waals surface area contributed by atoms with Gasteiger partial charge < -0.3 is 9.80 Å². The standard InChI is InChI=1S/C18H34N2O2S/c1-4-6-9-19(10-7-5-2)11-8-12-20-14-17(13-18(20)22)15-23-16(3)21/h17H,4-15H2,1-3H3. The van der Waals surface area contributed by atoms with E-state index in [4.69, 9.17) is 0 Å². The molecule has 0 aromatic heterocycles. The van der Waals surface area contributed by atoms with Crippen molar-refractivity contribution >= 4 is 22.8 Å². The predicted molar refractivity (Wildman–Crippen MR) is 98.7 cm³/mol. The number of hydrogen-bond donors (Lipinski definition) is 0. The molecule has 0 radical (unpaired) electrons. The SMILES string of the molecule is CCCCN(CCCC)CCCN1CC(CSC(C)=O)CC1=O. The second-order valence-corrected chi connectivity index (χ2v) is 7.81. The Balaban J connectivity index is 2.26. The number of rotatable bonds is 12. The zero-order valence-corrected chi connectivity index (χ0v) is 16.0. The fourth-order valence-electron chi connectivity index (χ4n) is 3.00. The van der Waals surface area contributed by atoms with Crippen LogP contribution in [0.1, 0.15) is 59.3 Å². The normalized spacial score (nSPS) is 18.2. The van der Waals surface area contributed by atoms with Gasteiger partial charge in [-0.1, -0.05) is 38.5 Å². The van der Waals surface area contributed by atoms with E-state index in [0.717, 1.165) is 31.8 Å². The number of unbranched alkanes of at least 4 members (excludes halogenated alkanes) is 2. The molecule has 0 N–H and O–H groups in total. The summed E-state index contributed by atoms with van der Waals surface area (Å²) < 4.78 is 0. The van der Waals surface area contributed by atoms with Gasteiger partial charge in [0.05, 0.1) is 0 Å². The Morgan fingerprint density at radius 1 is 1.17 bits per heavy atom. The summed E-state index contributed by atoms with van der Waals surface area (Å²) in [4.78, 5) is 27.7. The number of likely N-dealkylation sites (tertiary alicyclic amines) is 1. The summed E-state index contributed by atoms with van der Waals surface area (Å²) in [5, 5.41) is 0.151. The molecule has 1 amide bonds. The molecule has 0 saturated carbocycles. The summed E-state index contributed by atoms with van der Waals surface area (Å²) in [6.07, 6.45) is 6.68. The molecule has 1 aliphatic heterocycles. The maximum Gasteiger partial charge on any atom is 0.222 e. The van der Waals surface area contributed by atoms with Crippen molar-refractivity contribution in [1.82, 2.24) is 9.80 Å². The molecule has 1 atom stereocenters. The Morgan fingerprint density at radius 3 is 2.35 bits per heavy atom. The van der Waals surface area contributed by atoms with E-state index < -0.39 is 0 Å². The molecule has 134 valence electrons. The number of carbonyl (C=O) groups excluding carboxylic acids is 2. The Kier molecular flexibility index (Phi) is 10.6. The molecular weight excluding hydrogens is 308 g/mol. The van der Waals surface area contributed by atoms with E-state index in [2.05, 4.69) is 18.7 Å². The zero-order valence-electron chi connectivity index (χ0n) is 15.2. The highest BCUT2D eigenvalue weighted by Gasteiger charge is 2.29. The van der Waals surface area contributed by atoms with Crippen LogP contribution in [0, 0.1) is 5.92 Å². The van der Waals surface area contributed by atoms with Crippen LogP contribution in [0.15, 0.2) is 0 Å². The van der Waals surface area contributed by atoms with Gasteiger partial charge in [-0.3, -0.25) is 9.59 Å². The van der Waals surface area contributed by atoms with Gasteiger partial charge >= 0.3 is 0 Å². The molecule has 1 heterocycles. The molecule has 0 aromatic rings. The fraction of sp³-hybridized carbons (Fsp3) is 0.889. The van der Waals surface area contributed by atoms with Gasteiger partial charge in [0.1, 0.15) is 0 Å². The maximum atomic E-state index is 12.1. The van der Waals surface area contributed by atoms with E-state index in [0.29, 0.717) is 12.3 Å². The summed E-state index contributed by atoms with van der Waals surface area (Å²) in [6, 6.07) is 0. The second kappa shape index (κ2) is 11.9. The van der Waals surface area contributed by atoms with Crippen LogP contribution in [-0.4, -0.2) is 59.3 Å². The summed E-state index contributed by atoms with van der Waals surface area (Å²) in [5.74, 6) is 1.41. The molecule has 1 fully saturated rings. The van der Waals surface area contributed by atoms with Crippen molar-refractivity contribution in [1.29, 1.82) is 0 Å². The van der Waals surface area contributed by atoms with Crippen LogP contribution < -0.4 is 0 Å². The fourth-order valence-corrected chi connectivity index (χ4v) is 3.69. The van der Waals surface area contributed by atoms with E-state index in [1.54, 1.807) is 6.92 Å². The van der Waals surface area contributed by atoms with Crippen LogP contribution in [0.3, 0.4) is 0 Å². The number of hydrogen-bond acceptors (Lipinski definition) is 4. The number of nitrogens with zero attached hydrogens (tertiary/aromatic N) is 2. The topological polar surface area (TPSA) is 40.6 Å². The van der Waals surface area contributed by atoms with Gasteiger partial charge in [-0.05, 0) is 44.8 Å². The zero-order chi connectivity index (χ0) is 17.1. The van der Waals surface area contributed by atoms with Crippen molar-refractivity contribution in [3.05, 3.63) is 0 Å². The predicted octanol–water partition coefficient (Wildman–Crippen LogP) is 3.41. The quantitative estimate of drug-likeness (QED) is 0.545. The van der Waals surface area contributed by atoms with Crippen LogP contribution in [0.25, 0.3) is 0 Å². The molecule has 0 spiro atoms. The lowest BCUT2D eigenvalue weighted by Crippen LogP contribution is -2.32. The molecule has 1 aliphatic rings. The first-order valence-electron chi connectivity index (χ1n) is 9.20. The van der Waals surface area contributed by atoms with Crippen LogP contribution in [-0.2, 0) is 9.59 Å². The molecule has 0 aliphatic carbocycles. The highest BCUT2D eigenvalue weighted by Crippen LogP contribution is 2.22. The second-order valence-electron chi connectivity index (χ2n) is 6.61. The van der Waals surface area contributed by atoms with Gasteiger partial charge in [0.2, 0.25) is 5.91 Å². The van der Waals surface area contributed by atoms with E-state index in [-0.39, 0.29) is 11.0 Å². The minimum atomic E-state index is 0.151. The Bertz CT molecular complexity index is 355. The Labute approximate surface area is 146 Å². The van der Waals surface area contributed by atoms with E-state index in [1.165, 1.54) is 50.5 Å². The maximum absolute atomic E-state index is 12.1. The van der Waals surface area contributed by atoms with Crippen molar-refractivity contribution in [2.75, 3.05) is 38.5 Å². The summed E-state index contributed by atoms with van der Waals surface area (Å²) >= 11 is 1.35. The average molecular weight is 343 g/mol. The van der Waals surface area contributed by atoms with E-state index >= 15 is 0 Å². The summed E-state index contributed by atoms with van der Waals surface area (Å²) in [6.45, 7) is 11.2. The summed E-state index contributed by atoms with van der Waals surface area (Å²) in [7, 11) is 0. The molecule has 5 heteroatoms. The molecule has 1 saturated heterocycles. The van der Waals surface area contributed by atoms with Crippen molar-refractivity contribution < 1.29 is 9.59 Å². The van der Waals surface area contributed by atoms with E-state index in [9.17, 15) is 9.59 Å². The first-order chi connectivity index (χ1) is 11.1. The van der Waals surface area contributed by atoms with Gasteiger partial charge in [0, 0.05) is 32.2 Å². The summed E-state index contributed by atoms with van der Waals surface area (Å²) in [5.41, 5.74) is 0. The lowest BCUT2D eigenvalue weighted by molar-refractivity contribution is -0.127. The minimum absolute atomic E-state index is 0.151. The average Bonchev–Trinajstić information content (AvgIpc) is 2.87. The number of amides is 1. The lowest BCUT2D eigenvalue weighted by Gasteiger charge is -2.24. The van der Waals surface area contributed by atoms with Crippen molar-refractivity contribution in [3.8, 4) is 0 Å². The lowest BCUT2D eigenvalue weighted by atomic mass is 10.1. The first-order valence-corrected chi connectivity index (χ1v) is 10.2. The van der Waals surface area contributed by atoms with Crippen LogP contribution in [0.5, 0.6) is 0 Å². The molecule has 0 aromatic carbocycles. The van der Waals surface area contributed by atoms with Crippen LogP contribution >= 0.6 is 11.8 Å². The third-order valence-electron chi connectivity index (χ3n) is 4.38. The molecular formula is C18H34N2O2S. The van der Waals surface area contributed by atoms with Crippen molar-refractivity contribution in [3.63, 3.8) is 0 Å². The van der Waals surface area contributed by atoms with Crippen LogP contribution in [0.2, 0.25) is 0 Å². The van der Waals surface area contributed by atoms with E-state index in [1.807, 2.05) is 4.90 Å². The minimum Gasteiger partial charge on any atom is -0.342 e. The molecule has 23 heavy (non-hydrogen) atoms. The van der Waals surface area contributed by atoms with Gasteiger partial charge in [-0.25, -0.2) is 0 Å². The first kappa shape index (κ1) is 20.5. The smallest absolute Gasteiger partial charge is 0.222 e. The Hall–Kier alpha value is -0.550. The Morgan fingerprint density at radius 2 is 1.78 bits per heavy atom. The monoisotopic (exact) mass is 342 g/mol. The van der Waals surface area contributed by atoms with Gasteiger partial charge in [-0.15, -0.1) is 0 Å². The van der Waals surface area contributed by atoms with Crippen LogP contribution in [0.4, 0.5) is 0 Å².